The van der Waals surface area contributed by atoms with Crippen LogP contribution in [0.2, 0.25) is 0 Å². The zero-order valence-electron chi connectivity index (χ0n) is 21.5. The molecule has 9 heteroatoms. The lowest BCUT2D eigenvalue weighted by atomic mass is 9.92. The van der Waals surface area contributed by atoms with Crippen LogP contribution in [0.1, 0.15) is 29.7 Å². The van der Waals surface area contributed by atoms with Gasteiger partial charge in [-0.3, -0.25) is 9.36 Å². The summed E-state index contributed by atoms with van der Waals surface area (Å²) < 4.78 is 32.9. The van der Waals surface area contributed by atoms with Gasteiger partial charge in [-0.25, -0.2) is 14.2 Å². The normalized spacial score (nSPS) is 15.0. The van der Waals surface area contributed by atoms with Gasteiger partial charge in [-0.1, -0.05) is 72.0 Å². The van der Waals surface area contributed by atoms with Crippen molar-refractivity contribution in [1.29, 1.82) is 0 Å². The molecule has 0 fully saturated rings. The van der Waals surface area contributed by atoms with Crippen LogP contribution in [0.15, 0.2) is 88.2 Å². The summed E-state index contributed by atoms with van der Waals surface area (Å²) in [6, 6.07) is 19.7. The second kappa shape index (κ2) is 11.1. The van der Waals surface area contributed by atoms with Gasteiger partial charge in [-0.15, -0.1) is 0 Å². The minimum atomic E-state index is -0.955. The Morgan fingerprint density at radius 1 is 1.03 bits per heavy atom. The van der Waals surface area contributed by atoms with Gasteiger partial charge in [0.25, 0.3) is 5.56 Å². The quantitative estimate of drug-likeness (QED) is 0.328. The molecule has 1 aromatic heterocycles. The molecule has 2 heterocycles. The number of para-hydroxylation sites is 1. The number of ether oxygens (including phenoxy) is 3. The third-order valence-electron chi connectivity index (χ3n) is 6.29. The molecule has 0 amide bonds. The van der Waals surface area contributed by atoms with Crippen LogP contribution in [0.25, 0.3) is 11.8 Å². The largest absolute Gasteiger partial charge is 0.493 e. The highest BCUT2D eigenvalue weighted by Crippen LogP contribution is 2.42. The maximum absolute atomic E-state index is 14.5. The van der Waals surface area contributed by atoms with E-state index in [0.29, 0.717) is 33.1 Å². The van der Waals surface area contributed by atoms with E-state index in [2.05, 4.69) is 0 Å². The number of benzene rings is 3. The van der Waals surface area contributed by atoms with Crippen molar-refractivity contribution in [3.63, 3.8) is 0 Å². The molecule has 0 saturated carbocycles. The van der Waals surface area contributed by atoms with E-state index in [0.717, 1.165) is 11.3 Å². The predicted molar refractivity (Wildman–Crippen MR) is 147 cm³/mol. The lowest BCUT2D eigenvalue weighted by molar-refractivity contribution is -0.138. The van der Waals surface area contributed by atoms with Crippen LogP contribution in [0.4, 0.5) is 4.39 Å². The van der Waals surface area contributed by atoms with Crippen LogP contribution < -0.4 is 24.4 Å². The molecule has 1 aliphatic heterocycles. The average molecular weight is 545 g/mol. The Balaban J connectivity index is 1.90. The zero-order valence-corrected chi connectivity index (χ0v) is 22.3. The minimum absolute atomic E-state index is 0.129. The van der Waals surface area contributed by atoms with Crippen LogP contribution in [0.3, 0.4) is 0 Å². The maximum atomic E-state index is 14.5. The number of hydrogen-bond acceptors (Lipinski definition) is 7. The molecule has 39 heavy (non-hydrogen) atoms. The number of aromatic nitrogens is 1. The Bertz CT molecular complexity index is 1760. The monoisotopic (exact) mass is 544 g/mol. The topological polar surface area (TPSA) is 79.1 Å². The average Bonchev–Trinajstić information content (AvgIpc) is 3.27. The highest BCUT2D eigenvalue weighted by Gasteiger charge is 2.37. The fraction of sp³-hybridized carbons (Fsp3) is 0.167. The van der Waals surface area contributed by atoms with Crippen LogP contribution >= 0.6 is 11.3 Å². The van der Waals surface area contributed by atoms with E-state index in [1.807, 2.05) is 30.3 Å². The number of carbonyl (C=O) groups excluding carboxylic acids is 1. The zero-order chi connectivity index (χ0) is 27.5. The Labute approximate surface area is 227 Å². The molecular formula is C30H25FN2O5S. The summed E-state index contributed by atoms with van der Waals surface area (Å²) in [5.41, 5.74) is 1.60. The fourth-order valence-corrected chi connectivity index (χ4v) is 5.59. The molecule has 5 rings (SSSR count). The number of nitrogens with zero attached hydrogens (tertiary/aromatic N) is 2. The van der Waals surface area contributed by atoms with Crippen molar-refractivity contribution in [3.05, 3.63) is 121 Å². The van der Waals surface area contributed by atoms with Crippen LogP contribution in [0.5, 0.6) is 11.5 Å². The molecule has 0 spiro atoms. The van der Waals surface area contributed by atoms with Crippen molar-refractivity contribution < 1.29 is 23.4 Å². The highest BCUT2D eigenvalue weighted by atomic mass is 32.1. The number of esters is 1. The number of rotatable bonds is 7. The van der Waals surface area contributed by atoms with Gasteiger partial charge in [0.1, 0.15) is 11.9 Å². The summed E-state index contributed by atoms with van der Waals surface area (Å²) in [6.07, 6.45) is 1.50. The molecular weight excluding hydrogens is 519 g/mol. The van der Waals surface area contributed by atoms with Gasteiger partial charge in [0.05, 0.1) is 36.6 Å². The smallest absolute Gasteiger partial charge is 0.338 e. The third-order valence-corrected chi connectivity index (χ3v) is 7.28. The standard InChI is InChI=1S/C30H25FN2O5S/c1-4-38-29(35)24-25(18-11-6-5-7-12-18)32-30-33(26(24)20-14-10-16-22(36-2)27(20)37-3)28(34)23(39-30)17-19-13-8-9-15-21(19)31/h5-17,26H,4H2,1-3H3/b23-17-. The number of fused-ring (bicyclic) bond motifs is 1. The van der Waals surface area contributed by atoms with Gasteiger partial charge in [0.2, 0.25) is 0 Å². The first kappa shape index (κ1) is 26.1. The number of methoxy groups -OCH3 is 2. The van der Waals surface area contributed by atoms with E-state index in [-0.39, 0.29) is 22.3 Å². The van der Waals surface area contributed by atoms with Crippen molar-refractivity contribution in [2.45, 2.75) is 13.0 Å². The van der Waals surface area contributed by atoms with E-state index in [1.165, 1.54) is 30.9 Å². The van der Waals surface area contributed by atoms with Crippen molar-refractivity contribution in [2.75, 3.05) is 20.8 Å². The number of hydrogen-bond donors (Lipinski definition) is 0. The minimum Gasteiger partial charge on any atom is -0.493 e. The van der Waals surface area contributed by atoms with Crippen LogP contribution in [-0.2, 0) is 9.53 Å². The molecule has 1 atom stereocenters. The van der Waals surface area contributed by atoms with Crippen LogP contribution in [-0.4, -0.2) is 31.4 Å². The van der Waals surface area contributed by atoms with Gasteiger partial charge >= 0.3 is 5.97 Å². The summed E-state index contributed by atoms with van der Waals surface area (Å²) >= 11 is 1.12. The van der Waals surface area contributed by atoms with Crippen molar-refractivity contribution in [1.82, 2.24) is 4.57 Å². The molecule has 198 valence electrons. The lowest BCUT2D eigenvalue weighted by Gasteiger charge is -2.27. The fourth-order valence-electron chi connectivity index (χ4n) is 4.60. The van der Waals surface area contributed by atoms with Gasteiger partial charge < -0.3 is 14.2 Å². The second-order valence-electron chi connectivity index (χ2n) is 8.54. The van der Waals surface area contributed by atoms with E-state index in [4.69, 9.17) is 19.2 Å². The Hall–Kier alpha value is -4.50. The Morgan fingerprint density at radius 2 is 1.77 bits per heavy atom. The van der Waals surface area contributed by atoms with Gasteiger partial charge in [-0.2, -0.15) is 0 Å². The van der Waals surface area contributed by atoms with Gasteiger partial charge in [0.15, 0.2) is 16.3 Å². The maximum Gasteiger partial charge on any atom is 0.338 e. The molecule has 4 aromatic rings. The van der Waals surface area contributed by atoms with Crippen molar-refractivity contribution in [2.24, 2.45) is 4.99 Å². The molecule has 0 aliphatic carbocycles. The summed E-state index contributed by atoms with van der Waals surface area (Å²) in [5, 5.41) is 0. The molecule has 0 radical (unpaired) electrons. The van der Waals surface area contributed by atoms with Crippen LogP contribution in [0, 0.1) is 5.82 Å². The Morgan fingerprint density at radius 3 is 2.46 bits per heavy atom. The molecule has 3 aromatic carbocycles. The Kier molecular flexibility index (Phi) is 7.42. The van der Waals surface area contributed by atoms with Crippen molar-refractivity contribution >= 4 is 29.1 Å². The summed E-state index contributed by atoms with van der Waals surface area (Å²) in [6.45, 7) is 1.84. The predicted octanol–water partition coefficient (Wildman–Crippen LogP) is 4.09. The highest BCUT2D eigenvalue weighted by molar-refractivity contribution is 7.07. The summed E-state index contributed by atoms with van der Waals surface area (Å²) in [4.78, 5) is 32.7. The van der Waals surface area contributed by atoms with E-state index in [1.54, 1.807) is 43.3 Å². The summed E-state index contributed by atoms with van der Waals surface area (Å²) in [5.74, 6) is -0.264. The van der Waals surface area contributed by atoms with Gasteiger partial charge in [-0.05, 0) is 25.1 Å². The molecule has 0 N–H and O–H groups in total. The first-order valence-electron chi connectivity index (χ1n) is 12.2. The number of carbonyl (C=O) groups is 1. The van der Waals surface area contributed by atoms with E-state index < -0.39 is 23.4 Å². The van der Waals surface area contributed by atoms with E-state index in [9.17, 15) is 14.0 Å². The first-order chi connectivity index (χ1) is 19.0. The molecule has 1 unspecified atom stereocenters. The second-order valence-corrected chi connectivity index (χ2v) is 9.54. The molecule has 1 aliphatic rings. The molecule has 0 bridgehead atoms. The SMILES string of the molecule is CCOC(=O)C1=C(c2ccccc2)N=c2s/c(=C\c3ccccc3F)c(=O)n2C1c1cccc(OC)c1OC. The third kappa shape index (κ3) is 4.77. The molecule has 0 saturated heterocycles. The lowest BCUT2D eigenvalue weighted by Crippen LogP contribution is -2.40. The number of thiazole rings is 1. The van der Waals surface area contributed by atoms with Crippen molar-refractivity contribution in [3.8, 4) is 11.5 Å². The molecule has 7 nitrogen and oxygen atoms in total. The first-order valence-corrected chi connectivity index (χ1v) is 13.0. The summed E-state index contributed by atoms with van der Waals surface area (Å²) in [7, 11) is 3.01. The number of halogens is 1. The van der Waals surface area contributed by atoms with E-state index >= 15 is 0 Å². The van der Waals surface area contributed by atoms with Gasteiger partial charge in [0, 0.05) is 16.7 Å².